The molecule has 3 aromatic rings. The molecule has 3 aromatic heterocycles. The van der Waals surface area contributed by atoms with Crippen molar-refractivity contribution in [1.29, 1.82) is 0 Å². The third-order valence-corrected chi connectivity index (χ3v) is 4.30. The van der Waals surface area contributed by atoms with Gasteiger partial charge in [0.05, 0.1) is 43.4 Å². The summed E-state index contributed by atoms with van der Waals surface area (Å²) in [7, 11) is 0. The number of hydrogen-bond acceptors (Lipinski definition) is 5. The third-order valence-electron chi connectivity index (χ3n) is 4.30. The average Bonchev–Trinajstić information content (AvgIpc) is 3.31. The Hall–Kier alpha value is -2.31. The van der Waals surface area contributed by atoms with Gasteiger partial charge in [-0.15, -0.1) is 0 Å². The summed E-state index contributed by atoms with van der Waals surface area (Å²) in [5.41, 5.74) is 2.24. The van der Waals surface area contributed by atoms with Crippen molar-refractivity contribution in [2.45, 2.75) is 39.3 Å². The number of nitrogens with zero attached hydrogens (tertiary/aromatic N) is 3. The molecule has 126 valence electrons. The van der Waals surface area contributed by atoms with E-state index in [0.29, 0.717) is 13.2 Å². The lowest BCUT2D eigenvalue weighted by Gasteiger charge is -2.18. The largest absolute Gasteiger partial charge is 0.468 e. The van der Waals surface area contributed by atoms with E-state index in [1.807, 2.05) is 30.6 Å². The predicted octanol–water partition coefficient (Wildman–Crippen LogP) is 3.19. The number of rotatable bonds is 6. The molecule has 0 spiro atoms. The van der Waals surface area contributed by atoms with Crippen molar-refractivity contribution in [3.63, 3.8) is 0 Å². The van der Waals surface area contributed by atoms with E-state index in [4.69, 9.17) is 13.6 Å². The molecule has 0 aliphatic carbocycles. The Labute approximate surface area is 140 Å². The number of ether oxygens (including phenoxy) is 1. The van der Waals surface area contributed by atoms with E-state index in [1.54, 1.807) is 12.5 Å². The van der Waals surface area contributed by atoms with Gasteiger partial charge in [0.2, 0.25) is 0 Å². The van der Waals surface area contributed by atoms with Crippen LogP contribution in [0.2, 0.25) is 0 Å². The maximum absolute atomic E-state index is 5.76. The molecule has 1 aliphatic rings. The van der Waals surface area contributed by atoms with Crippen molar-refractivity contribution in [2.24, 2.45) is 0 Å². The molecule has 24 heavy (non-hydrogen) atoms. The van der Waals surface area contributed by atoms with Gasteiger partial charge in [-0.25, -0.2) is 4.98 Å². The zero-order valence-corrected chi connectivity index (χ0v) is 13.6. The first-order chi connectivity index (χ1) is 11.9. The molecular formula is C18H21N3O3. The molecule has 0 fully saturated rings. The average molecular weight is 327 g/mol. The van der Waals surface area contributed by atoms with Crippen LogP contribution in [0.1, 0.15) is 29.3 Å². The molecule has 0 amide bonds. The van der Waals surface area contributed by atoms with Crippen LogP contribution in [0, 0.1) is 0 Å². The van der Waals surface area contributed by atoms with Gasteiger partial charge in [-0.3, -0.25) is 4.90 Å². The van der Waals surface area contributed by atoms with Gasteiger partial charge in [0.25, 0.3) is 0 Å². The van der Waals surface area contributed by atoms with E-state index in [-0.39, 0.29) is 0 Å². The first kappa shape index (κ1) is 15.2. The molecule has 0 N–H and O–H groups in total. The molecule has 0 unspecified atom stereocenters. The lowest BCUT2D eigenvalue weighted by molar-refractivity contribution is 0.0896. The Kier molecular flexibility index (Phi) is 4.49. The van der Waals surface area contributed by atoms with Crippen LogP contribution in [-0.4, -0.2) is 21.0 Å². The Morgan fingerprint density at radius 3 is 2.67 bits per heavy atom. The first-order valence-electron chi connectivity index (χ1n) is 8.26. The van der Waals surface area contributed by atoms with Crippen LogP contribution in [0.25, 0.3) is 0 Å². The molecule has 0 saturated carbocycles. The number of imidazole rings is 1. The minimum atomic E-state index is 0.468. The van der Waals surface area contributed by atoms with E-state index in [0.717, 1.165) is 49.8 Å². The summed E-state index contributed by atoms with van der Waals surface area (Å²) < 4.78 is 18.8. The summed E-state index contributed by atoms with van der Waals surface area (Å²) in [5, 5.41) is 0. The minimum absolute atomic E-state index is 0.468. The van der Waals surface area contributed by atoms with Gasteiger partial charge in [-0.2, -0.15) is 0 Å². The Morgan fingerprint density at radius 2 is 1.88 bits per heavy atom. The van der Waals surface area contributed by atoms with E-state index >= 15 is 0 Å². The fraction of sp³-hybridized carbons (Fsp3) is 0.389. The zero-order valence-electron chi connectivity index (χ0n) is 13.6. The summed E-state index contributed by atoms with van der Waals surface area (Å²) in [6, 6.07) is 7.74. The van der Waals surface area contributed by atoms with E-state index < -0.39 is 0 Å². The lowest BCUT2D eigenvalue weighted by atomic mass is 10.3. The molecule has 6 heteroatoms. The van der Waals surface area contributed by atoms with Gasteiger partial charge in [0.15, 0.2) is 0 Å². The highest BCUT2D eigenvalue weighted by Crippen LogP contribution is 2.19. The molecule has 0 saturated heterocycles. The van der Waals surface area contributed by atoms with Crippen molar-refractivity contribution in [3.05, 3.63) is 66.0 Å². The Balaban J connectivity index is 1.41. The quantitative estimate of drug-likeness (QED) is 0.696. The number of fused-ring (bicyclic) bond motifs is 1. The Bertz CT molecular complexity index is 747. The second kappa shape index (κ2) is 7.07. The standard InChI is InChI=1S/C18H21N3O3/c1-4-15(23-8-1)10-20-6-3-7-21-14-19-17(18(21)11-20)13-22-12-16-5-2-9-24-16/h1-2,4-5,8-9,14H,3,6-7,10-13H2. The maximum atomic E-state index is 5.76. The van der Waals surface area contributed by atoms with Crippen molar-refractivity contribution in [2.75, 3.05) is 6.54 Å². The second-order valence-electron chi connectivity index (χ2n) is 6.05. The third kappa shape index (κ3) is 3.44. The molecular weight excluding hydrogens is 306 g/mol. The van der Waals surface area contributed by atoms with E-state index in [1.165, 1.54) is 5.69 Å². The SMILES string of the molecule is c1coc(COCc2ncn3c2CN(Cc2ccco2)CCC3)c1. The predicted molar refractivity (Wildman–Crippen MR) is 86.9 cm³/mol. The van der Waals surface area contributed by atoms with Gasteiger partial charge in [-0.05, 0) is 30.7 Å². The summed E-state index contributed by atoms with van der Waals surface area (Å²) in [4.78, 5) is 6.95. The molecule has 4 heterocycles. The monoisotopic (exact) mass is 327 g/mol. The van der Waals surface area contributed by atoms with Crippen molar-refractivity contribution in [3.8, 4) is 0 Å². The molecule has 6 nitrogen and oxygen atoms in total. The van der Waals surface area contributed by atoms with Gasteiger partial charge in [-0.1, -0.05) is 0 Å². The van der Waals surface area contributed by atoms with Crippen LogP contribution in [0.5, 0.6) is 0 Å². The van der Waals surface area contributed by atoms with Crippen LogP contribution < -0.4 is 0 Å². The number of aryl methyl sites for hydroxylation is 1. The normalized spacial score (nSPS) is 15.3. The van der Waals surface area contributed by atoms with Gasteiger partial charge < -0.3 is 18.1 Å². The van der Waals surface area contributed by atoms with Crippen LogP contribution >= 0.6 is 0 Å². The molecule has 0 bridgehead atoms. The number of furan rings is 2. The highest BCUT2D eigenvalue weighted by molar-refractivity contribution is 5.14. The lowest BCUT2D eigenvalue weighted by Crippen LogP contribution is -2.23. The van der Waals surface area contributed by atoms with Crippen molar-refractivity contribution < 1.29 is 13.6 Å². The second-order valence-corrected chi connectivity index (χ2v) is 6.05. The number of aromatic nitrogens is 2. The molecule has 4 rings (SSSR count). The number of hydrogen-bond donors (Lipinski definition) is 0. The van der Waals surface area contributed by atoms with Gasteiger partial charge >= 0.3 is 0 Å². The molecule has 0 atom stereocenters. The van der Waals surface area contributed by atoms with E-state index in [9.17, 15) is 0 Å². The van der Waals surface area contributed by atoms with Crippen LogP contribution in [0.15, 0.2) is 52.0 Å². The van der Waals surface area contributed by atoms with Crippen LogP contribution in [0.4, 0.5) is 0 Å². The fourth-order valence-corrected chi connectivity index (χ4v) is 3.10. The summed E-state index contributed by atoms with van der Waals surface area (Å²) in [6.07, 6.45) is 6.42. The fourth-order valence-electron chi connectivity index (χ4n) is 3.10. The maximum Gasteiger partial charge on any atom is 0.129 e. The zero-order chi connectivity index (χ0) is 16.2. The van der Waals surface area contributed by atoms with Gasteiger partial charge in [0, 0.05) is 19.6 Å². The van der Waals surface area contributed by atoms with E-state index in [2.05, 4.69) is 14.5 Å². The Morgan fingerprint density at radius 1 is 1.04 bits per heavy atom. The van der Waals surface area contributed by atoms with Crippen molar-refractivity contribution in [1.82, 2.24) is 14.5 Å². The van der Waals surface area contributed by atoms with Crippen LogP contribution in [-0.2, 0) is 37.6 Å². The molecule has 0 aromatic carbocycles. The van der Waals surface area contributed by atoms with Crippen molar-refractivity contribution >= 4 is 0 Å². The first-order valence-corrected chi connectivity index (χ1v) is 8.26. The summed E-state index contributed by atoms with van der Waals surface area (Å²) in [6.45, 7) is 4.70. The highest BCUT2D eigenvalue weighted by atomic mass is 16.5. The smallest absolute Gasteiger partial charge is 0.129 e. The topological polar surface area (TPSA) is 56.6 Å². The molecule has 0 radical (unpaired) electrons. The van der Waals surface area contributed by atoms with Crippen LogP contribution in [0.3, 0.4) is 0 Å². The van der Waals surface area contributed by atoms with Gasteiger partial charge in [0.1, 0.15) is 18.1 Å². The minimum Gasteiger partial charge on any atom is -0.468 e. The highest BCUT2D eigenvalue weighted by Gasteiger charge is 2.19. The molecule has 1 aliphatic heterocycles. The summed E-state index contributed by atoms with van der Waals surface area (Å²) >= 11 is 0. The summed E-state index contributed by atoms with van der Waals surface area (Å²) in [5.74, 6) is 1.83.